The molecule has 0 atom stereocenters. The van der Waals surface area contributed by atoms with E-state index in [4.69, 9.17) is 0 Å². The quantitative estimate of drug-likeness (QED) is 0.754. The van der Waals surface area contributed by atoms with Crippen LogP contribution in [0.4, 0.5) is 8.78 Å². The van der Waals surface area contributed by atoms with Gasteiger partial charge in [-0.15, -0.1) is 0 Å². The molecule has 0 fully saturated rings. The zero-order chi connectivity index (χ0) is 12.5. The van der Waals surface area contributed by atoms with E-state index < -0.39 is 11.6 Å². The number of pyridine rings is 1. The van der Waals surface area contributed by atoms with Crippen LogP contribution >= 0.6 is 0 Å². The van der Waals surface area contributed by atoms with Gasteiger partial charge in [0.05, 0.1) is 5.52 Å². The summed E-state index contributed by atoms with van der Waals surface area (Å²) in [6, 6.07) is 7.74. The van der Waals surface area contributed by atoms with Crippen molar-refractivity contribution in [1.29, 1.82) is 0 Å². The van der Waals surface area contributed by atoms with Gasteiger partial charge >= 0.3 is 0 Å². The summed E-state index contributed by atoms with van der Waals surface area (Å²) >= 11 is 0. The Kier molecular flexibility index (Phi) is 2.51. The van der Waals surface area contributed by atoms with Crippen molar-refractivity contribution < 1.29 is 8.78 Å². The van der Waals surface area contributed by atoms with E-state index >= 15 is 0 Å². The summed E-state index contributed by atoms with van der Waals surface area (Å²) in [5, 5.41) is 0. The summed E-state index contributed by atoms with van der Waals surface area (Å²) in [5.41, 5.74) is 1.63. The van der Waals surface area contributed by atoms with Crippen LogP contribution in [-0.2, 0) is 6.42 Å². The Morgan fingerprint density at radius 3 is 2.83 bits per heavy atom. The first-order valence-electron chi connectivity index (χ1n) is 5.46. The van der Waals surface area contributed by atoms with Gasteiger partial charge in [-0.05, 0) is 23.8 Å². The van der Waals surface area contributed by atoms with Crippen molar-refractivity contribution >= 4 is 11.2 Å². The SMILES string of the molecule is Fc1cccc(Cc2nc3ncccc3[nH]2)c1F. The second-order valence-electron chi connectivity index (χ2n) is 3.95. The molecule has 2 heterocycles. The van der Waals surface area contributed by atoms with Gasteiger partial charge in [0, 0.05) is 12.6 Å². The van der Waals surface area contributed by atoms with Crippen molar-refractivity contribution in [3.8, 4) is 0 Å². The van der Waals surface area contributed by atoms with Gasteiger partial charge in [0.2, 0.25) is 0 Å². The fraction of sp³-hybridized carbons (Fsp3) is 0.0769. The Balaban J connectivity index is 1.99. The Labute approximate surface area is 102 Å². The number of hydrogen-bond acceptors (Lipinski definition) is 2. The predicted molar refractivity (Wildman–Crippen MR) is 63.1 cm³/mol. The summed E-state index contributed by atoms with van der Waals surface area (Å²) in [6.45, 7) is 0. The summed E-state index contributed by atoms with van der Waals surface area (Å²) in [6.07, 6.45) is 1.84. The van der Waals surface area contributed by atoms with Gasteiger partial charge < -0.3 is 4.98 Å². The molecule has 0 amide bonds. The number of aromatic amines is 1. The largest absolute Gasteiger partial charge is 0.340 e. The number of benzene rings is 1. The lowest BCUT2D eigenvalue weighted by molar-refractivity contribution is 0.500. The van der Waals surface area contributed by atoms with E-state index in [1.165, 1.54) is 6.07 Å². The van der Waals surface area contributed by atoms with Crippen molar-refractivity contribution in [2.75, 3.05) is 0 Å². The zero-order valence-electron chi connectivity index (χ0n) is 9.32. The van der Waals surface area contributed by atoms with Crippen molar-refractivity contribution in [2.45, 2.75) is 6.42 Å². The molecule has 3 nitrogen and oxygen atoms in total. The molecule has 0 unspecified atom stereocenters. The highest BCUT2D eigenvalue weighted by Gasteiger charge is 2.10. The molecule has 1 N–H and O–H groups in total. The number of nitrogens with zero attached hydrogens (tertiary/aromatic N) is 2. The molecule has 90 valence electrons. The highest BCUT2D eigenvalue weighted by atomic mass is 19.2. The zero-order valence-corrected chi connectivity index (χ0v) is 9.32. The van der Waals surface area contributed by atoms with Gasteiger partial charge in [0.25, 0.3) is 0 Å². The number of fused-ring (bicyclic) bond motifs is 1. The van der Waals surface area contributed by atoms with Gasteiger partial charge in [-0.1, -0.05) is 12.1 Å². The van der Waals surface area contributed by atoms with Gasteiger partial charge in [0.15, 0.2) is 17.3 Å². The highest BCUT2D eigenvalue weighted by Crippen LogP contribution is 2.16. The maximum absolute atomic E-state index is 13.5. The van der Waals surface area contributed by atoms with Gasteiger partial charge in [0.1, 0.15) is 5.82 Å². The average molecular weight is 245 g/mol. The Hall–Kier alpha value is -2.30. The second kappa shape index (κ2) is 4.18. The van der Waals surface area contributed by atoms with Crippen molar-refractivity contribution in [3.63, 3.8) is 0 Å². The van der Waals surface area contributed by atoms with E-state index in [-0.39, 0.29) is 12.0 Å². The summed E-state index contributed by atoms with van der Waals surface area (Å²) in [4.78, 5) is 11.3. The third-order valence-electron chi connectivity index (χ3n) is 2.70. The predicted octanol–water partition coefficient (Wildman–Crippen LogP) is 2.83. The molecule has 3 aromatic rings. The molecule has 0 aliphatic rings. The fourth-order valence-corrected chi connectivity index (χ4v) is 1.84. The van der Waals surface area contributed by atoms with Gasteiger partial charge in [-0.25, -0.2) is 18.7 Å². The molecule has 0 radical (unpaired) electrons. The number of rotatable bonds is 2. The van der Waals surface area contributed by atoms with Gasteiger partial charge in [-0.2, -0.15) is 0 Å². The van der Waals surface area contributed by atoms with Crippen LogP contribution in [0.1, 0.15) is 11.4 Å². The Morgan fingerprint density at radius 1 is 1.11 bits per heavy atom. The van der Waals surface area contributed by atoms with Crippen LogP contribution in [0.3, 0.4) is 0 Å². The normalized spacial score (nSPS) is 11.0. The third kappa shape index (κ3) is 1.84. The first kappa shape index (κ1) is 10.8. The van der Waals surface area contributed by atoms with E-state index in [9.17, 15) is 8.78 Å². The van der Waals surface area contributed by atoms with E-state index in [0.29, 0.717) is 11.5 Å². The molecular weight excluding hydrogens is 236 g/mol. The molecule has 1 aromatic carbocycles. The maximum Gasteiger partial charge on any atom is 0.177 e. The van der Waals surface area contributed by atoms with Gasteiger partial charge in [-0.3, -0.25) is 0 Å². The van der Waals surface area contributed by atoms with E-state index in [2.05, 4.69) is 15.0 Å². The molecule has 0 aliphatic carbocycles. The molecule has 2 aromatic heterocycles. The smallest absolute Gasteiger partial charge is 0.177 e. The molecule has 3 rings (SSSR count). The number of hydrogen-bond donors (Lipinski definition) is 1. The van der Waals surface area contributed by atoms with Crippen LogP contribution in [0, 0.1) is 11.6 Å². The van der Waals surface area contributed by atoms with Crippen LogP contribution in [0.25, 0.3) is 11.2 Å². The minimum atomic E-state index is -0.846. The lowest BCUT2D eigenvalue weighted by Crippen LogP contribution is -1.97. The van der Waals surface area contributed by atoms with Crippen LogP contribution in [0.5, 0.6) is 0 Å². The van der Waals surface area contributed by atoms with E-state index in [1.54, 1.807) is 18.3 Å². The number of halogens is 2. The molecule has 0 bridgehead atoms. The minimum absolute atomic E-state index is 0.208. The Morgan fingerprint density at radius 2 is 2.00 bits per heavy atom. The second-order valence-corrected chi connectivity index (χ2v) is 3.95. The summed E-state index contributed by atoms with van der Waals surface area (Å²) in [7, 11) is 0. The van der Waals surface area contributed by atoms with Crippen molar-refractivity contribution in [2.24, 2.45) is 0 Å². The third-order valence-corrected chi connectivity index (χ3v) is 2.70. The van der Waals surface area contributed by atoms with Crippen molar-refractivity contribution in [3.05, 3.63) is 59.6 Å². The van der Waals surface area contributed by atoms with Crippen molar-refractivity contribution in [1.82, 2.24) is 15.0 Å². The van der Waals surface area contributed by atoms with Crippen LogP contribution in [0.15, 0.2) is 36.5 Å². The van der Waals surface area contributed by atoms with E-state index in [1.807, 2.05) is 6.07 Å². The molecule has 0 spiro atoms. The minimum Gasteiger partial charge on any atom is -0.340 e. The molecule has 0 saturated heterocycles. The number of H-pyrrole nitrogens is 1. The van der Waals surface area contributed by atoms with E-state index in [0.717, 1.165) is 11.6 Å². The molecular formula is C13H9F2N3. The highest BCUT2D eigenvalue weighted by molar-refractivity contribution is 5.69. The maximum atomic E-state index is 13.5. The lowest BCUT2D eigenvalue weighted by Gasteiger charge is -2.00. The number of aromatic nitrogens is 3. The Bertz CT molecular complexity index is 673. The molecule has 0 saturated carbocycles. The first-order chi connectivity index (χ1) is 8.74. The van der Waals surface area contributed by atoms with Crippen LogP contribution in [0.2, 0.25) is 0 Å². The topological polar surface area (TPSA) is 41.6 Å². The summed E-state index contributed by atoms with van der Waals surface area (Å²) in [5.74, 6) is -1.11. The molecule has 0 aliphatic heterocycles. The lowest BCUT2D eigenvalue weighted by atomic mass is 10.1. The fourth-order valence-electron chi connectivity index (χ4n) is 1.84. The molecule has 5 heteroatoms. The number of imidazole rings is 1. The van der Waals surface area contributed by atoms with Crippen LogP contribution in [-0.4, -0.2) is 15.0 Å². The first-order valence-corrected chi connectivity index (χ1v) is 5.46. The summed E-state index contributed by atoms with van der Waals surface area (Å²) < 4.78 is 26.6. The molecule has 18 heavy (non-hydrogen) atoms. The average Bonchev–Trinajstić information content (AvgIpc) is 2.77. The monoisotopic (exact) mass is 245 g/mol. The standard InChI is InChI=1S/C13H9F2N3/c14-9-4-1-3-8(12(9)15)7-11-17-10-5-2-6-16-13(10)18-11/h1-6H,7H2,(H,16,17,18). The number of nitrogens with one attached hydrogen (secondary N) is 1. The van der Waals surface area contributed by atoms with Crippen LogP contribution < -0.4 is 0 Å².